The molecule has 0 saturated carbocycles. The summed E-state index contributed by atoms with van der Waals surface area (Å²) in [4.78, 5) is 4.62. The molecule has 2 N–H and O–H groups in total. The first-order valence-electron chi connectivity index (χ1n) is 6.56. The van der Waals surface area contributed by atoms with Crippen molar-refractivity contribution >= 4 is 0 Å². The molecule has 2 aromatic rings. The van der Waals surface area contributed by atoms with E-state index in [0.29, 0.717) is 5.92 Å². The highest BCUT2D eigenvalue weighted by Gasteiger charge is 2.22. The van der Waals surface area contributed by atoms with Crippen molar-refractivity contribution in [2.24, 2.45) is 11.7 Å². The minimum Gasteiger partial charge on any atom is -0.445 e. The predicted octanol–water partition coefficient (Wildman–Crippen LogP) is 2.33. The smallest absolute Gasteiger partial charge is 0.199 e. The number of rotatable bonds is 3. The van der Waals surface area contributed by atoms with Crippen LogP contribution in [0, 0.1) is 5.92 Å². The summed E-state index contributed by atoms with van der Waals surface area (Å²) < 4.78 is 5.85. The second kappa shape index (κ2) is 4.94. The van der Waals surface area contributed by atoms with Crippen LogP contribution < -0.4 is 5.73 Å². The number of nitrogens with zero attached hydrogens (tertiary/aromatic N) is 1. The largest absolute Gasteiger partial charge is 0.445 e. The van der Waals surface area contributed by atoms with Crippen LogP contribution in [-0.2, 0) is 19.3 Å². The van der Waals surface area contributed by atoms with E-state index in [2.05, 4.69) is 17.1 Å². The highest BCUT2D eigenvalue weighted by Crippen LogP contribution is 2.26. The van der Waals surface area contributed by atoms with Gasteiger partial charge in [-0.3, -0.25) is 0 Å². The average molecular weight is 242 g/mol. The summed E-state index contributed by atoms with van der Waals surface area (Å²) in [5, 5.41) is 0. The van der Waals surface area contributed by atoms with Crippen molar-refractivity contribution in [3.63, 3.8) is 0 Å². The van der Waals surface area contributed by atoms with Gasteiger partial charge in [0, 0.05) is 12.8 Å². The second-order valence-corrected chi connectivity index (χ2v) is 4.98. The van der Waals surface area contributed by atoms with Crippen molar-refractivity contribution < 1.29 is 4.42 Å². The van der Waals surface area contributed by atoms with E-state index in [0.717, 1.165) is 49.6 Å². The maximum atomic E-state index is 5.85. The topological polar surface area (TPSA) is 52.0 Å². The lowest BCUT2D eigenvalue weighted by atomic mass is 9.90. The summed E-state index contributed by atoms with van der Waals surface area (Å²) in [6.07, 6.45) is 3.87. The van der Waals surface area contributed by atoms with E-state index in [1.54, 1.807) is 0 Å². The van der Waals surface area contributed by atoms with Crippen molar-refractivity contribution in [3.05, 3.63) is 53.2 Å². The third-order valence-electron chi connectivity index (χ3n) is 3.62. The highest BCUT2D eigenvalue weighted by molar-refractivity contribution is 5.21. The van der Waals surface area contributed by atoms with E-state index in [4.69, 9.17) is 10.2 Å². The summed E-state index contributed by atoms with van der Waals surface area (Å²) in [5.74, 6) is 2.49. The van der Waals surface area contributed by atoms with E-state index < -0.39 is 0 Å². The average Bonchev–Trinajstić information content (AvgIpc) is 2.80. The summed E-state index contributed by atoms with van der Waals surface area (Å²) in [7, 11) is 0. The molecule has 3 nitrogen and oxygen atoms in total. The first-order valence-corrected chi connectivity index (χ1v) is 6.56. The summed E-state index contributed by atoms with van der Waals surface area (Å²) in [5.41, 5.74) is 8.10. The molecule has 0 bridgehead atoms. The lowest BCUT2D eigenvalue weighted by Gasteiger charge is -2.17. The zero-order valence-electron chi connectivity index (χ0n) is 10.4. The van der Waals surface area contributed by atoms with Crippen LogP contribution in [-0.4, -0.2) is 11.5 Å². The molecule has 1 aromatic carbocycles. The fourth-order valence-corrected chi connectivity index (χ4v) is 2.55. The zero-order chi connectivity index (χ0) is 12.4. The van der Waals surface area contributed by atoms with Gasteiger partial charge in [-0.15, -0.1) is 0 Å². The molecule has 1 heterocycles. The Morgan fingerprint density at radius 2 is 2.11 bits per heavy atom. The Morgan fingerprint density at radius 1 is 1.28 bits per heavy atom. The zero-order valence-corrected chi connectivity index (χ0v) is 10.4. The predicted molar refractivity (Wildman–Crippen MR) is 70.3 cm³/mol. The number of benzene rings is 1. The van der Waals surface area contributed by atoms with Crippen LogP contribution >= 0.6 is 0 Å². The molecule has 0 amide bonds. The van der Waals surface area contributed by atoms with E-state index in [9.17, 15) is 0 Å². The molecular formula is C15H18N2O. The van der Waals surface area contributed by atoms with Crippen molar-refractivity contribution in [3.8, 4) is 0 Å². The van der Waals surface area contributed by atoms with Gasteiger partial charge in [0.25, 0.3) is 0 Å². The van der Waals surface area contributed by atoms with Gasteiger partial charge in [-0.1, -0.05) is 30.3 Å². The molecule has 1 aliphatic carbocycles. The lowest BCUT2D eigenvalue weighted by molar-refractivity contribution is 0.399. The van der Waals surface area contributed by atoms with E-state index in [1.807, 2.05) is 18.2 Å². The van der Waals surface area contributed by atoms with Crippen LogP contribution in [0.25, 0.3) is 0 Å². The van der Waals surface area contributed by atoms with E-state index in [1.165, 1.54) is 5.56 Å². The van der Waals surface area contributed by atoms with Gasteiger partial charge in [-0.2, -0.15) is 0 Å². The van der Waals surface area contributed by atoms with Gasteiger partial charge in [0.2, 0.25) is 0 Å². The third kappa shape index (κ3) is 2.31. The number of aryl methyl sites for hydroxylation is 1. The number of hydrogen-bond acceptors (Lipinski definition) is 3. The quantitative estimate of drug-likeness (QED) is 0.898. The molecule has 94 valence electrons. The van der Waals surface area contributed by atoms with Gasteiger partial charge < -0.3 is 10.2 Å². The molecule has 1 aliphatic rings. The first kappa shape index (κ1) is 11.5. The molecule has 18 heavy (non-hydrogen) atoms. The van der Waals surface area contributed by atoms with Crippen LogP contribution in [0.2, 0.25) is 0 Å². The number of nitrogens with two attached hydrogens (primary N) is 1. The molecule has 3 heteroatoms. The van der Waals surface area contributed by atoms with Crippen LogP contribution in [0.1, 0.15) is 29.3 Å². The maximum absolute atomic E-state index is 5.85. The Bertz CT molecular complexity index is 519. The van der Waals surface area contributed by atoms with Crippen LogP contribution in [0.4, 0.5) is 0 Å². The standard InChI is InChI=1S/C15H18N2O/c16-10-12-6-7-14-13(8-12)17-15(18-14)9-11-4-2-1-3-5-11/h1-5,12H,6-10,16H2. The lowest BCUT2D eigenvalue weighted by Crippen LogP contribution is -2.21. The maximum Gasteiger partial charge on any atom is 0.199 e. The van der Waals surface area contributed by atoms with Gasteiger partial charge in [0.05, 0.1) is 5.69 Å². The SMILES string of the molecule is NCC1CCc2oc(Cc3ccccc3)nc2C1. The van der Waals surface area contributed by atoms with Gasteiger partial charge >= 0.3 is 0 Å². The molecular weight excluding hydrogens is 224 g/mol. The number of oxazole rings is 1. The van der Waals surface area contributed by atoms with E-state index in [-0.39, 0.29) is 0 Å². The molecule has 1 atom stereocenters. The van der Waals surface area contributed by atoms with Gasteiger partial charge in [-0.25, -0.2) is 4.98 Å². The van der Waals surface area contributed by atoms with Gasteiger partial charge in [-0.05, 0) is 30.9 Å². The second-order valence-electron chi connectivity index (χ2n) is 4.98. The van der Waals surface area contributed by atoms with Gasteiger partial charge in [0.15, 0.2) is 5.89 Å². The Morgan fingerprint density at radius 3 is 2.89 bits per heavy atom. The minimum absolute atomic E-state index is 0.576. The number of fused-ring (bicyclic) bond motifs is 1. The molecule has 1 unspecified atom stereocenters. The van der Waals surface area contributed by atoms with Crippen LogP contribution in [0.3, 0.4) is 0 Å². The Hall–Kier alpha value is -1.61. The molecule has 0 fully saturated rings. The Kier molecular flexibility index (Phi) is 3.15. The van der Waals surface area contributed by atoms with Crippen molar-refractivity contribution in [2.75, 3.05) is 6.54 Å². The fourth-order valence-electron chi connectivity index (χ4n) is 2.55. The highest BCUT2D eigenvalue weighted by atomic mass is 16.4. The monoisotopic (exact) mass is 242 g/mol. The normalized spacial score (nSPS) is 18.6. The third-order valence-corrected chi connectivity index (χ3v) is 3.62. The number of hydrogen-bond donors (Lipinski definition) is 1. The first-order chi connectivity index (χ1) is 8.85. The van der Waals surface area contributed by atoms with Gasteiger partial charge in [0.1, 0.15) is 5.76 Å². The summed E-state index contributed by atoms with van der Waals surface area (Å²) in [6.45, 7) is 0.750. The molecule has 0 aliphatic heterocycles. The summed E-state index contributed by atoms with van der Waals surface area (Å²) >= 11 is 0. The van der Waals surface area contributed by atoms with Crippen LogP contribution in [0.15, 0.2) is 34.7 Å². The molecule has 0 saturated heterocycles. The number of aromatic nitrogens is 1. The van der Waals surface area contributed by atoms with Crippen molar-refractivity contribution in [1.29, 1.82) is 0 Å². The molecule has 0 radical (unpaired) electrons. The molecule has 0 spiro atoms. The van der Waals surface area contributed by atoms with E-state index >= 15 is 0 Å². The molecule has 1 aromatic heterocycles. The van der Waals surface area contributed by atoms with Crippen molar-refractivity contribution in [1.82, 2.24) is 4.98 Å². The van der Waals surface area contributed by atoms with Crippen molar-refractivity contribution in [2.45, 2.75) is 25.7 Å². The Labute approximate surface area is 107 Å². The summed E-state index contributed by atoms with van der Waals surface area (Å²) in [6, 6.07) is 10.3. The molecule has 3 rings (SSSR count). The van der Waals surface area contributed by atoms with Crippen LogP contribution in [0.5, 0.6) is 0 Å². The fraction of sp³-hybridized carbons (Fsp3) is 0.400. The Balaban J connectivity index is 1.78. The minimum atomic E-state index is 0.576.